The molecule has 0 atom stereocenters. The van der Waals surface area contributed by atoms with Crippen molar-refractivity contribution in [2.45, 2.75) is 30.6 Å². The summed E-state index contributed by atoms with van der Waals surface area (Å²) in [7, 11) is -3.43. The van der Waals surface area contributed by atoms with Crippen molar-refractivity contribution in [2.75, 3.05) is 13.1 Å². The van der Waals surface area contributed by atoms with E-state index in [1.165, 1.54) is 16.7 Å². The molecule has 21 heavy (non-hydrogen) atoms. The second-order valence-electron chi connectivity index (χ2n) is 5.20. The van der Waals surface area contributed by atoms with Crippen LogP contribution in [0.25, 0.3) is 0 Å². The van der Waals surface area contributed by atoms with Crippen molar-refractivity contribution in [3.63, 3.8) is 0 Å². The maximum absolute atomic E-state index is 12.4. The Morgan fingerprint density at radius 3 is 2.62 bits per heavy atom. The number of H-pyrrole nitrogens is 1. The summed E-state index contributed by atoms with van der Waals surface area (Å²) in [4.78, 5) is 8.87. The summed E-state index contributed by atoms with van der Waals surface area (Å²) in [5.74, 6) is 0.271. The lowest BCUT2D eigenvalue weighted by Gasteiger charge is -2.30. The number of hydrogen-bond donors (Lipinski definition) is 1. The van der Waals surface area contributed by atoms with E-state index in [0.717, 1.165) is 24.2 Å². The lowest BCUT2D eigenvalue weighted by atomic mass is 9.95. The van der Waals surface area contributed by atoms with E-state index in [1.54, 1.807) is 12.4 Å². The lowest BCUT2D eigenvalue weighted by molar-refractivity contribution is 0.316. The van der Waals surface area contributed by atoms with Gasteiger partial charge in [-0.1, -0.05) is 0 Å². The highest BCUT2D eigenvalue weighted by molar-refractivity contribution is 7.89. The zero-order valence-corrected chi connectivity index (χ0v) is 12.5. The topological polar surface area (TPSA) is 91.8 Å². The number of rotatable bonds is 3. The van der Waals surface area contributed by atoms with E-state index in [-0.39, 0.29) is 10.8 Å². The molecule has 1 aliphatic rings. The standard InChI is InChI=1S/C13H17N5O2S/c1-10-6-14-9-13(17-10)11-2-4-18(5-3-11)21(19,20)12-7-15-16-8-12/h6-9,11H,2-5H2,1H3,(H,15,16). The van der Waals surface area contributed by atoms with E-state index in [9.17, 15) is 8.42 Å². The molecule has 3 rings (SSSR count). The van der Waals surface area contributed by atoms with Crippen LogP contribution < -0.4 is 0 Å². The molecule has 0 aromatic carbocycles. The maximum Gasteiger partial charge on any atom is 0.246 e. The number of aromatic nitrogens is 4. The largest absolute Gasteiger partial charge is 0.284 e. The third-order valence-corrected chi connectivity index (χ3v) is 5.62. The summed E-state index contributed by atoms with van der Waals surface area (Å²) in [6, 6.07) is 0. The average Bonchev–Trinajstić information content (AvgIpc) is 3.02. The molecule has 1 fully saturated rings. The highest BCUT2D eigenvalue weighted by Gasteiger charge is 2.31. The van der Waals surface area contributed by atoms with Gasteiger partial charge >= 0.3 is 0 Å². The highest BCUT2D eigenvalue weighted by Crippen LogP contribution is 2.29. The molecule has 0 spiro atoms. The van der Waals surface area contributed by atoms with Crippen molar-refractivity contribution >= 4 is 10.0 Å². The Labute approximate surface area is 123 Å². The molecule has 8 heteroatoms. The number of aryl methyl sites for hydroxylation is 1. The molecule has 1 saturated heterocycles. The van der Waals surface area contributed by atoms with E-state index in [1.807, 2.05) is 6.92 Å². The zero-order valence-electron chi connectivity index (χ0n) is 11.7. The Balaban J connectivity index is 1.71. The first-order valence-electron chi connectivity index (χ1n) is 6.85. The van der Waals surface area contributed by atoms with Crippen LogP contribution in [0.4, 0.5) is 0 Å². The van der Waals surface area contributed by atoms with E-state index < -0.39 is 10.0 Å². The Morgan fingerprint density at radius 1 is 1.24 bits per heavy atom. The van der Waals surface area contributed by atoms with Crippen LogP contribution in [-0.2, 0) is 10.0 Å². The molecule has 0 bridgehead atoms. The fourth-order valence-corrected chi connectivity index (χ4v) is 3.98. The summed E-state index contributed by atoms with van der Waals surface area (Å²) in [5, 5.41) is 6.25. The number of sulfonamides is 1. The Kier molecular flexibility index (Phi) is 3.73. The van der Waals surface area contributed by atoms with E-state index >= 15 is 0 Å². The molecular weight excluding hydrogens is 290 g/mol. The van der Waals surface area contributed by atoms with E-state index in [2.05, 4.69) is 20.2 Å². The molecule has 112 valence electrons. The van der Waals surface area contributed by atoms with Gasteiger partial charge in [0.25, 0.3) is 0 Å². The Morgan fingerprint density at radius 2 is 2.00 bits per heavy atom. The van der Waals surface area contributed by atoms with Crippen LogP contribution in [-0.4, -0.2) is 46.0 Å². The van der Waals surface area contributed by atoms with E-state index in [4.69, 9.17) is 0 Å². The Bertz CT molecular complexity index is 706. The summed E-state index contributed by atoms with van der Waals surface area (Å²) < 4.78 is 26.3. The summed E-state index contributed by atoms with van der Waals surface area (Å²) in [6.45, 7) is 2.90. The minimum Gasteiger partial charge on any atom is -0.284 e. The molecule has 2 aromatic rings. The number of nitrogens with zero attached hydrogens (tertiary/aromatic N) is 4. The predicted molar refractivity (Wildman–Crippen MR) is 76.1 cm³/mol. The van der Waals surface area contributed by atoms with Crippen LogP contribution in [0.3, 0.4) is 0 Å². The van der Waals surface area contributed by atoms with Gasteiger partial charge in [-0.15, -0.1) is 0 Å². The van der Waals surface area contributed by atoms with Crippen molar-refractivity contribution in [3.05, 3.63) is 36.2 Å². The van der Waals surface area contributed by atoms with Gasteiger partial charge in [0, 0.05) is 37.6 Å². The Hall–Kier alpha value is -1.80. The van der Waals surface area contributed by atoms with Crippen LogP contribution in [0, 0.1) is 6.92 Å². The zero-order chi connectivity index (χ0) is 14.9. The third kappa shape index (κ3) is 2.81. The van der Waals surface area contributed by atoms with Crippen molar-refractivity contribution in [1.29, 1.82) is 0 Å². The molecule has 3 heterocycles. The molecule has 7 nitrogen and oxygen atoms in total. The molecule has 0 saturated carbocycles. The SMILES string of the molecule is Cc1cncc(C2CCN(S(=O)(=O)c3cn[nH]c3)CC2)n1. The summed E-state index contributed by atoms with van der Waals surface area (Å²) >= 11 is 0. The minimum atomic E-state index is -3.43. The molecule has 0 radical (unpaired) electrons. The molecule has 0 unspecified atom stereocenters. The summed E-state index contributed by atoms with van der Waals surface area (Å²) in [6.07, 6.45) is 7.77. The van der Waals surface area contributed by atoms with Crippen LogP contribution in [0.2, 0.25) is 0 Å². The normalized spacial score (nSPS) is 18.0. The number of piperidine rings is 1. The van der Waals surface area contributed by atoms with Crippen LogP contribution in [0.5, 0.6) is 0 Å². The minimum absolute atomic E-state index is 0.219. The highest BCUT2D eigenvalue weighted by atomic mass is 32.2. The monoisotopic (exact) mass is 307 g/mol. The number of hydrogen-bond acceptors (Lipinski definition) is 5. The average molecular weight is 307 g/mol. The quantitative estimate of drug-likeness (QED) is 0.916. The predicted octanol–water partition coefficient (Wildman–Crippen LogP) is 1.08. The van der Waals surface area contributed by atoms with Gasteiger partial charge in [0.1, 0.15) is 4.90 Å². The smallest absolute Gasteiger partial charge is 0.246 e. The molecular formula is C13H17N5O2S. The van der Waals surface area contributed by atoms with E-state index in [0.29, 0.717) is 13.1 Å². The van der Waals surface area contributed by atoms with Gasteiger partial charge in [-0.3, -0.25) is 15.1 Å². The summed E-state index contributed by atoms with van der Waals surface area (Å²) in [5.41, 5.74) is 1.84. The lowest BCUT2D eigenvalue weighted by Crippen LogP contribution is -2.37. The van der Waals surface area contributed by atoms with Crippen molar-refractivity contribution < 1.29 is 8.42 Å². The fraction of sp³-hybridized carbons (Fsp3) is 0.462. The second kappa shape index (κ2) is 5.53. The van der Waals surface area contributed by atoms with Crippen molar-refractivity contribution in [3.8, 4) is 0 Å². The van der Waals surface area contributed by atoms with Crippen molar-refractivity contribution in [2.24, 2.45) is 0 Å². The number of nitrogens with one attached hydrogen (secondary N) is 1. The van der Waals surface area contributed by atoms with Gasteiger partial charge in [-0.2, -0.15) is 9.40 Å². The first-order chi connectivity index (χ1) is 10.1. The molecule has 0 amide bonds. The second-order valence-corrected chi connectivity index (χ2v) is 7.14. The van der Waals surface area contributed by atoms with Gasteiger partial charge in [-0.05, 0) is 19.8 Å². The maximum atomic E-state index is 12.4. The first-order valence-corrected chi connectivity index (χ1v) is 8.29. The van der Waals surface area contributed by atoms with Gasteiger partial charge < -0.3 is 0 Å². The van der Waals surface area contributed by atoms with Crippen LogP contribution >= 0.6 is 0 Å². The molecule has 2 aromatic heterocycles. The fourth-order valence-electron chi connectivity index (χ4n) is 2.60. The van der Waals surface area contributed by atoms with Gasteiger partial charge in [0.2, 0.25) is 10.0 Å². The first kappa shape index (κ1) is 14.2. The third-order valence-electron chi connectivity index (χ3n) is 3.76. The molecule has 1 N–H and O–H groups in total. The van der Waals surface area contributed by atoms with Gasteiger partial charge in [0.15, 0.2) is 0 Å². The molecule has 0 aliphatic carbocycles. The molecule has 1 aliphatic heterocycles. The van der Waals surface area contributed by atoms with Crippen LogP contribution in [0.1, 0.15) is 30.1 Å². The van der Waals surface area contributed by atoms with Crippen LogP contribution in [0.15, 0.2) is 29.7 Å². The van der Waals surface area contributed by atoms with Gasteiger partial charge in [0.05, 0.1) is 17.6 Å². The van der Waals surface area contributed by atoms with Crippen molar-refractivity contribution in [1.82, 2.24) is 24.5 Å². The van der Waals surface area contributed by atoms with Gasteiger partial charge in [-0.25, -0.2) is 8.42 Å². The number of aromatic amines is 1.